The first kappa shape index (κ1) is 6.45. The predicted molar refractivity (Wildman–Crippen MR) is 26.4 cm³/mol. The fraction of sp³-hybridized carbons (Fsp3) is 0.600. The molecule has 2 heteroatoms. The molecule has 0 saturated carbocycles. The molecular weight excluding hydrogens is 90.1 g/mol. The third kappa shape index (κ3) is 3.28. The van der Waals surface area contributed by atoms with E-state index in [-0.39, 0.29) is 6.10 Å². The first-order valence-electron chi connectivity index (χ1n) is 2.04. The number of ether oxygens (including phenoxy) is 1. The maximum Gasteiger partial charge on any atom is 0.0702 e. The van der Waals surface area contributed by atoms with Crippen molar-refractivity contribution in [3.05, 3.63) is 6.92 Å². The number of rotatable bonds is 2. The number of hydrogen-bond donors (Lipinski definition) is 0. The SMILES string of the molecule is [CH2]C(CC#N)OC. The molecule has 0 saturated heterocycles. The highest BCUT2D eigenvalue weighted by atomic mass is 16.5. The summed E-state index contributed by atoms with van der Waals surface area (Å²) in [6.45, 7) is 3.50. The van der Waals surface area contributed by atoms with Crippen molar-refractivity contribution in [1.82, 2.24) is 0 Å². The van der Waals surface area contributed by atoms with E-state index in [2.05, 4.69) is 11.7 Å². The summed E-state index contributed by atoms with van der Waals surface area (Å²) in [6, 6.07) is 1.93. The Bertz CT molecular complexity index is 74.6. The van der Waals surface area contributed by atoms with Crippen molar-refractivity contribution in [2.75, 3.05) is 7.11 Å². The Labute approximate surface area is 43.7 Å². The Morgan fingerprint density at radius 1 is 2.00 bits per heavy atom. The topological polar surface area (TPSA) is 33.0 Å². The van der Waals surface area contributed by atoms with Gasteiger partial charge in [-0.1, -0.05) is 0 Å². The molecule has 0 aromatic carbocycles. The summed E-state index contributed by atoms with van der Waals surface area (Å²) in [7, 11) is 1.54. The zero-order valence-corrected chi connectivity index (χ0v) is 4.35. The van der Waals surface area contributed by atoms with Crippen LogP contribution in [-0.4, -0.2) is 13.2 Å². The van der Waals surface area contributed by atoms with E-state index in [4.69, 9.17) is 5.26 Å². The molecule has 1 radical (unpaired) electrons. The van der Waals surface area contributed by atoms with Gasteiger partial charge in [0.25, 0.3) is 0 Å². The van der Waals surface area contributed by atoms with Gasteiger partial charge in [-0.3, -0.25) is 0 Å². The Balaban J connectivity index is 3.03. The summed E-state index contributed by atoms with van der Waals surface area (Å²) in [5, 5.41) is 8.00. The van der Waals surface area contributed by atoms with Gasteiger partial charge in [-0.2, -0.15) is 5.26 Å². The monoisotopic (exact) mass is 98.1 g/mol. The predicted octanol–water partition coefficient (Wildman–Crippen LogP) is 0.749. The molecule has 0 aromatic heterocycles. The minimum absolute atomic E-state index is 0.162. The van der Waals surface area contributed by atoms with Crippen LogP contribution in [0, 0.1) is 18.3 Å². The minimum atomic E-state index is -0.162. The first-order chi connectivity index (χ1) is 3.31. The second-order valence-corrected chi connectivity index (χ2v) is 1.22. The lowest BCUT2D eigenvalue weighted by atomic mass is 10.3. The number of hydrogen-bond acceptors (Lipinski definition) is 2. The summed E-state index contributed by atoms with van der Waals surface area (Å²) < 4.78 is 4.66. The lowest BCUT2D eigenvalue weighted by Gasteiger charge is -1.99. The van der Waals surface area contributed by atoms with Gasteiger partial charge < -0.3 is 4.74 Å². The van der Waals surface area contributed by atoms with Crippen molar-refractivity contribution >= 4 is 0 Å². The molecule has 0 amide bonds. The molecule has 0 aliphatic heterocycles. The quantitative estimate of drug-likeness (QED) is 0.510. The second-order valence-electron chi connectivity index (χ2n) is 1.22. The fourth-order valence-corrected chi connectivity index (χ4v) is 0.185. The average Bonchev–Trinajstić information content (AvgIpc) is 1.68. The largest absolute Gasteiger partial charge is 0.380 e. The van der Waals surface area contributed by atoms with Crippen LogP contribution in [0.2, 0.25) is 0 Å². The van der Waals surface area contributed by atoms with Gasteiger partial charge in [-0.15, -0.1) is 0 Å². The summed E-state index contributed by atoms with van der Waals surface area (Å²) >= 11 is 0. The van der Waals surface area contributed by atoms with E-state index in [0.717, 1.165) is 0 Å². The molecule has 0 aliphatic carbocycles. The minimum Gasteiger partial charge on any atom is -0.380 e. The number of methoxy groups -OCH3 is 1. The molecule has 1 atom stereocenters. The van der Waals surface area contributed by atoms with Gasteiger partial charge in [0, 0.05) is 7.11 Å². The van der Waals surface area contributed by atoms with Crippen LogP contribution < -0.4 is 0 Å². The lowest BCUT2D eigenvalue weighted by Crippen LogP contribution is -2.01. The Hall–Kier alpha value is -0.550. The van der Waals surface area contributed by atoms with Crippen LogP contribution in [0.1, 0.15) is 6.42 Å². The number of nitriles is 1. The smallest absolute Gasteiger partial charge is 0.0702 e. The van der Waals surface area contributed by atoms with Crippen LogP contribution >= 0.6 is 0 Å². The third-order valence-corrected chi connectivity index (χ3v) is 0.652. The zero-order valence-electron chi connectivity index (χ0n) is 4.35. The molecule has 0 fully saturated rings. The molecular formula is C5H8NO. The molecule has 0 rings (SSSR count). The van der Waals surface area contributed by atoms with Crippen LogP contribution in [0.15, 0.2) is 0 Å². The van der Waals surface area contributed by atoms with Gasteiger partial charge >= 0.3 is 0 Å². The third-order valence-electron chi connectivity index (χ3n) is 0.652. The van der Waals surface area contributed by atoms with Crippen LogP contribution in [0.25, 0.3) is 0 Å². The Kier molecular flexibility index (Phi) is 3.35. The molecule has 39 valence electrons. The average molecular weight is 98.1 g/mol. The van der Waals surface area contributed by atoms with Crippen LogP contribution in [-0.2, 0) is 4.74 Å². The van der Waals surface area contributed by atoms with E-state index in [1.54, 1.807) is 0 Å². The van der Waals surface area contributed by atoms with Gasteiger partial charge in [0.05, 0.1) is 18.6 Å². The van der Waals surface area contributed by atoms with Crippen molar-refractivity contribution in [1.29, 1.82) is 5.26 Å². The lowest BCUT2D eigenvalue weighted by molar-refractivity contribution is 0.143. The number of nitrogens with zero attached hydrogens (tertiary/aromatic N) is 1. The van der Waals surface area contributed by atoms with Crippen LogP contribution in [0.5, 0.6) is 0 Å². The normalized spacial score (nSPS) is 12.7. The van der Waals surface area contributed by atoms with Gasteiger partial charge in [-0.25, -0.2) is 0 Å². The molecule has 0 spiro atoms. The van der Waals surface area contributed by atoms with E-state index < -0.39 is 0 Å². The van der Waals surface area contributed by atoms with E-state index in [9.17, 15) is 0 Å². The van der Waals surface area contributed by atoms with Gasteiger partial charge in [0.1, 0.15) is 0 Å². The van der Waals surface area contributed by atoms with E-state index in [0.29, 0.717) is 6.42 Å². The highest BCUT2D eigenvalue weighted by Crippen LogP contribution is 1.89. The Morgan fingerprint density at radius 2 is 2.57 bits per heavy atom. The van der Waals surface area contributed by atoms with Crippen molar-refractivity contribution in [2.45, 2.75) is 12.5 Å². The Morgan fingerprint density at radius 3 is 2.71 bits per heavy atom. The highest BCUT2D eigenvalue weighted by Gasteiger charge is 1.93. The van der Waals surface area contributed by atoms with E-state index in [1.807, 2.05) is 6.07 Å². The molecule has 0 N–H and O–H groups in total. The molecule has 0 bridgehead atoms. The van der Waals surface area contributed by atoms with Gasteiger partial charge in [-0.05, 0) is 6.92 Å². The van der Waals surface area contributed by atoms with Crippen LogP contribution in [0.4, 0.5) is 0 Å². The first-order valence-corrected chi connectivity index (χ1v) is 2.04. The van der Waals surface area contributed by atoms with E-state index >= 15 is 0 Å². The van der Waals surface area contributed by atoms with E-state index in [1.165, 1.54) is 7.11 Å². The highest BCUT2D eigenvalue weighted by molar-refractivity contribution is 4.76. The summed E-state index contributed by atoms with van der Waals surface area (Å²) in [5.41, 5.74) is 0. The van der Waals surface area contributed by atoms with Crippen LogP contribution in [0.3, 0.4) is 0 Å². The van der Waals surface area contributed by atoms with Gasteiger partial charge in [0.2, 0.25) is 0 Å². The maximum absolute atomic E-state index is 8.00. The molecule has 2 nitrogen and oxygen atoms in total. The summed E-state index contributed by atoms with van der Waals surface area (Å²) in [5.74, 6) is 0. The molecule has 0 aliphatic rings. The zero-order chi connectivity index (χ0) is 5.70. The maximum atomic E-state index is 8.00. The van der Waals surface area contributed by atoms with Crippen molar-refractivity contribution < 1.29 is 4.74 Å². The second kappa shape index (κ2) is 3.63. The molecule has 7 heavy (non-hydrogen) atoms. The molecule has 0 aromatic rings. The molecule has 0 heterocycles. The summed E-state index contributed by atoms with van der Waals surface area (Å²) in [4.78, 5) is 0. The van der Waals surface area contributed by atoms with Crippen molar-refractivity contribution in [3.8, 4) is 6.07 Å². The fourth-order valence-electron chi connectivity index (χ4n) is 0.185. The van der Waals surface area contributed by atoms with Gasteiger partial charge in [0.15, 0.2) is 0 Å². The standard InChI is InChI=1S/C5H8NO/c1-5(7-2)3-4-6/h5H,1,3H2,2H3. The van der Waals surface area contributed by atoms with Crippen molar-refractivity contribution in [2.24, 2.45) is 0 Å². The summed E-state index contributed by atoms with van der Waals surface area (Å²) in [6.07, 6.45) is 0.209. The van der Waals surface area contributed by atoms with Crippen molar-refractivity contribution in [3.63, 3.8) is 0 Å². The molecule has 1 unspecified atom stereocenters.